The van der Waals surface area contributed by atoms with Crippen LogP contribution in [0.25, 0.3) is 10.2 Å². The minimum absolute atomic E-state index is 0.856. The van der Waals surface area contributed by atoms with Crippen LogP contribution in [0.3, 0.4) is 0 Å². The fraction of sp³-hybridized carbons (Fsp3) is 0.227. The third kappa shape index (κ3) is 4.06. The minimum Gasteiger partial charge on any atom is -0.354 e. The van der Waals surface area contributed by atoms with Gasteiger partial charge in [-0.1, -0.05) is 18.2 Å². The van der Waals surface area contributed by atoms with Gasteiger partial charge in [-0.2, -0.15) is 0 Å². The van der Waals surface area contributed by atoms with Crippen LogP contribution in [0.1, 0.15) is 5.56 Å². The quantitative estimate of drug-likeness (QED) is 0.541. The molecule has 29 heavy (non-hydrogen) atoms. The van der Waals surface area contributed by atoms with Gasteiger partial charge >= 0.3 is 0 Å². The number of fused-ring (bicyclic) bond motifs is 1. The summed E-state index contributed by atoms with van der Waals surface area (Å²) in [6.07, 6.45) is 3.47. The Morgan fingerprint density at radius 3 is 2.55 bits per heavy atom. The van der Waals surface area contributed by atoms with E-state index in [2.05, 4.69) is 72.5 Å². The molecule has 1 aromatic carbocycles. The van der Waals surface area contributed by atoms with Crippen molar-refractivity contribution >= 4 is 38.9 Å². The van der Waals surface area contributed by atoms with Crippen molar-refractivity contribution in [2.75, 3.05) is 36.4 Å². The summed E-state index contributed by atoms with van der Waals surface area (Å²) >= 11 is 1.63. The van der Waals surface area contributed by atoms with Gasteiger partial charge in [0, 0.05) is 44.6 Å². The Balaban J connectivity index is 1.19. The number of piperazine rings is 1. The standard InChI is InChI=1S/C22H22N6S/c1-2-9-23-20(3-1)28-12-10-27(11-13-28)15-17-4-6-18(7-5-17)26-21-19-8-14-29-22(19)25-16-24-21/h1-9,14,16H,10-13,15H2,(H,24,25,26). The Bertz CT molecular complexity index is 1070. The molecule has 0 aliphatic carbocycles. The van der Waals surface area contributed by atoms with Crippen LogP contribution < -0.4 is 10.2 Å². The summed E-state index contributed by atoms with van der Waals surface area (Å²) < 4.78 is 0. The van der Waals surface area contributed by atoms with Gasteiger partial charge in [-0.25, -0.2) is 15.0 Å². The smallest absolute Gasteiger partial charge is 0.142 e. The monoisotopic (exact) mass is 402 g/mol. The molecular weight excluding hydrogens is 380 g/mol. The first-order chi connectivity index (χ1) is 14.3. The van der Waals surface area contributed by atoms with Crippen molar-refractivity contribution in [3.63, 3.8) is 0 Å². The number of benzene rings is 1. The Morgan fingerprint density at radius 2 is 1.76 bits per heavy atom. The zero-order chi connectivity index (χ0) is 19.5. The molecule has 1 aliphatic heterocycles. The maximum atomic E-state index is 4.46. The molecule has 0 bridgehead atoms. The summed E-state index contributed by atoms with van der Waals surface area (Å²) in [7, 11) is 0. The van der Waals surface area contributed by atoms with Crippen molar-refractivity contribution < 1.29 is 0 Å². The van der Waals surface area contributed by atoms with Gasteiger partial charge in [-0.05, 0) is 41.3 Å². The van der Waals surface area contributed by atoms with E-state index < -0.39 is 0 Å². The summed E-state index contributed by atoms with van der Waals surface area (Å²) in [5, 5.41) is 6.52. The third-order valence-corrected chi connectivity index (χ3v) is 6.05. The molecule has 1 aliphatic rings. The van der Waals surface area contributed by atoms with Crippen LogP contribution in [0.4, 0.5) is 17.3 Å². The summed E-state index contributed by atoms with van der Waals surface area (Å²) in [6, 6.07) is 16.8. The number of anilines is 3. The summed E-state index contributed by atoms with van der Waals surface area (Å²) in [6.45, 7) is 5.10. The highest BCUT2D eigenvalue weighted by molar-refractivity contribution is 7.16. The second-order valence-electron chi connectivity index (χ2n) is 7.13. The topological polar surface area (TPSA) is 57.2 Å². The Labute approximate surface area is 173 Å². The van der Waals surface area contributed by atoms with E-state index in [0.29, 0.717) is 0 Å². The molecule has 7 heteroatoms. The zero-order valence-electron chi connectivity index (χ0n) is 16.0. The van der Waals surface area contributed by atoms with Crippen molar-refractivity contribution in [1.29, 1.82) is 0 Å². The number of nitrogens with one attached hydrogen (secondary N) is 1. The second kappa shape index (κ2) is 8.14. The van der Waals surface area contributed by atoms with Crippen molar-refractivity contribution in [2.24, 2.45) is 0 Å². The Hall–Kier alpha value is -3.03. The van der Waals surface area contributed by atoms with E-state index in [0.717, 1.165) is 60.3 Å². The first-order valence-corrected chi connectivity index (χ1v) is 10.7. The average Bonchev–Trinajstić information content (AvgIpc) is 3.26. The van der Waals surface area contributed by atoms with E-state index in [1.165, 1.54) is 5.56 Å². The van der Waals surface area contributed by atoms with Crippen LogP contribution in [0, 0.1) is 0 Å². The molecule has 6 nitrogen and oxygen atoms in total. The second-order valence-corrected chi connectivity index (χ2v) is 8.03. The number of rotatable bonds is 5. The predicted molar refractivity (Wildman–Crippen MR) is 119 cm³/mol. The van der Waals surface area contributed by atoms with Gasteiger partial charge < -0.3 is 10.2 Å². The zero-order valence-corrected chi connectivity index (χ0v) is 16.8. The number of thiophene rings is 1. The first-order valence-electron chi connectivity index (χ1n) is 9.78. The van der Waals surface area contributed by atoms with E-state index in [4.69, 9.17) is 0 Å². The van der Waals surface area contributed by atoms with Gasteiger partial charge in [0.1, 0.15) is 22.8 Å². The molecule has 4 heterocycles. The molecule has 4 aromatic rings. The normalized spacial score (nSPS) is 15.0. The third-order valence-electron chi connectivity index (χ3n) is 5.23. The molecule has 1 saturated heterocycles. The van der Waals surface area contributed by atoms with E-state index in [9.17, 15) is 0 Å². The van der Waals surface area contributed by atoms with Gasteiger partial charge in [-0.15, -0.1) is 11.3 Å². The van der Waals surface area contributed by atoms with Crippen LogP contribution in [-0.4, -0.2) is 46.0 Å². The van der Waals surface area contributed by atoms with Crippen LogP contribution in [0.15, 0.2) is 66.4 Å². The molecule has 0 radical (unpaired) electrons. The molecule has 1 fully saturated rings. The fourth-order valence-electron chi connectivity index (χ4n) is 3.65. The SMILES string of the molecule is c1ccc(N2CCN(Cc3ccc(Nc4ncnc5sccc45)cc3)CC2)nc1. The number of pyridine rings is 1. The van der Waals surface area contributed by atoms with E-state index in [1.807, 2.05) is 17.6 Å². The van der Waals surface area contributed by atoms with Crippen molar-refractivity contribution in [3.8, 4) is 0 Å². The molecule has 146 valence electrons. The largest absolute Gasteiger partial charge is 0.354 e. The fourth-order valence-corrected chi connectivity index (χ4v) is 4.39. The average molecular weight is 403 g/mol. The summed E-state index contributed by atoms with van der Waals surface area (Å²) in [4.78, 5) is 19.0. The summed E-state index contributed by atoms with van der Waals surface area (Å²) in [5.41, 5.74) is 2.37. The number of hydrogen-bond donors (Lipinski definition) is 1. The van der Waals surface area contributed by atoms with Gasteiger partial charge in [0.2, 0.25) is 0 Å². The van der Waals surface area contributed by atoms with E-state index in [1.54, 1.807) is 17.7 Å². The lowest BCUT2D eigenvalue weighted by atomic mass is 10.1. The number of hydrogen-bond acceptors (Lipinski definition) is 7. The van der Waals surface area contributed by atoms with Gasteiger partial charge in [0.05, 0.1) is 5.39 Å². The van der Waals surface area contributed by atoms with Gasteiger partial charge in [0.15, 0.2) is 0 Å². The lowest BCUT2D eigenvalue weighted by Crippen LogP contribution is -2.46. The maximum Gasteiger partial charge on any atom is 0.142 e. The minimum atomic E-state index is 0.856. The highest BCUT2D eigenvalue weighted by Gasteiger charge is 2.17. The van der Waals surface area contributed by atoms with Gasteiger partial charge in [-0.3, -0.25) is 4.90 Å². The molecular formula is C22H22N6S. The van der Waals surface area contributed by atoms with Crippen molar-refractivity contribution in [1.82, 2.24) is 19.9 Å². The molecule has 0 saturated carbocycles. The number of aromatic nitrogens is 3. The summed E-state index contributed by atoms with van der Waals surface area (Å²) in [5.74, 6) is 1.93. The van der Waals surface area contributed by atoms with Crippen LogP contribution in [0.5, 0.6) is 0 Å². The van der Waals surface area contributed by atoms with E-state index >= 15 is 0 Å². The molecule has 5 rings (SSSR count). The Kier molecular flexibility index (Phi) is 5.06. The van der Waals surface area contributed by atoms with Crippen LogP contribution in [-0.2, 0) is 6.54 Å². The van der Waals surface area contributed by atoms with E-state index in [-0.39, 0.29) is 0 Å². The van der Waals surface area contributed by atoms with Crippen LogP contribution in [0.2, 0.25) is 0 Å². The lowest BCUT2D eigenvalue weighted by molar-refractivity contribution is 0.249. The molecule has 0 spiro atoms. The van der Waals surface area contributed by atoms with Gasteiger partial charge in [0.25, 0.3) is 0 Å². The maximum absolute atomic E-state index is 4.46. The molecule has 3 aromatic heterocycles. The number of nitrogens with zero attached hydrogens (tertiary/aromatic N) is 5. The molecule has 0 unspecified atom stereocenters. The Morgan fingerprint density at radius 1 is 0.897 bits per heavy atom. The highest BCUT2D eigenvalue weighted by Crippen LogP contribution is 2.26. The highest BCUT2D eigenvalue weighted by atomic mass is 32.1. The molecule has 0 atom stereocenters. The molecule has 0 amide bonds. The predicted octanol–water partition coefficient (Wildman–Crippen LogP) is 4.15. The van der Waals surface area contributed by atoms with Crippen molar-refractivity contribution in [2.45, 2.75) is 6.54 Å². The first kappa shape index (κ1) is 18.0. The lowest BCUT2D eigenvalue weighted by Gasteiger charge is -2.35. The van der Waals surface area contributed by atoms with Crippen molar-refractivity contribution in [3.05, 3.63) is 72.0 Å². The molecule has 1 N–H and O–H groups in total. The van der Waals surface area contributed by atoms with Crippen LogP contribution >= 0.6 is 11.3 Å².